The van der Waals surface area contributed by atoms with Crippen molar-refractivity contribution in [1.82, 2.24) is 30.0 Å². The molecule has 1 aliphatic heterocycles. The van der Waals surface area contributed by atoms with Crippen LogP contribution in [0.5, 0.6) is 0 Å². The summed E-state index contributed by atoms with van der Waals surface area (Å²) >= 11 is 0. The highest BCUT2D eigenvalue weighted by Crippen LogP contribution is 2.30. The molecule has 0 atom stereocenters. The lowest BCUT2D eigenvalue weighted by Crippen LogP contribution is -2.53. The maximum absolute atomic E-state index is 13.1. The van der Waals surface area contributed by atoms with Crippen molar-refractivity contribution in [2.75, 3.05) is 13.1 Å². The number of benzene rings is 1. The number of H-pyrrole nitrogens is 1. The van der Waals surface area contributed by atoms with Crippen LogP contribution in [0.25, 0.3) is 11.0 Å². The number of likely N-dealkylation sites (tertiary alicyclic amines) is 1. The lowest BCUT2D eigenvalue weighted by atomic mass is 9.96. The highest BCUT2D eigenvalue weighted by molar-refractivity contribution is 5.85. The predicted octanol–water partition coefficient (Wildman–Crippen LogP) is 2.92. The van der Waals surface area contributed by atoms with Crippen LogP contribution in [0.1, 0.15) is 49.9 Å². The van der Waals surface area contributed by atoms with E-state index in [-0.39, 0.29) is 23.3 Å². The van der Waals surface area contributed by atoms with Gasteiger partial charge in [-0.25, -0.2) is 19.0 Å². The Balaban J connectivity index is 1.37. The smallest absolute Gasteiger partial charge is 0.262 e. The number of nitrogens with one attached hydrogen (secondary N) is 2. The first kappa shape index (κ1) is 20.2. The second kappa shape index (κ2) is 8.42. The Labute approximate surface area is 183 Å². The quantitative estimate of drug-likeness (QED) is 0.283. The van der Waals surface area contributed by atoms with E-state index >= 15 is 0 Å². The van der Waals surface area contributed by atoms with E-state index in [9.17, 15) is 9.18 Å². The van der Waals surface area contributed by atoms with Gasteiger partial charge in [0.1, 0.15) is 17.0 Å². The van der Waals surface area contributed by atoms with Gasteiger partial charge in [-0.05, 0) is 37.1 Å². The summed E-state index contributed by atoms with van der Waals surface area (Å²) < 4.78 is 15.1. The van der Waals surface area contributed by atoms with Crippen LogP contribution >= 0.6 is 0 Å². The molecule has 5 rings (SSSR count). The summed E-state index contributed by atoms with van der Waals surface area (Å²) in [6.07, 6.45) is 9.19. The van der Waals surface area contributed by atoms with Gasteiger partial charge in [0, 0.05) is 13.1 Å². The van der Waals surface area contributed by atoms with Crippen molar-refractivity contribution >= 4 is 22.7 Å². The summed E-state index contributed by atoms with van der Waals surface area (Å²) in [7, 11) is 0. The molecule has 2 aliphatic rings. The molecule has 0 radical (unpaired) electrons. The van der Waals surface area contributed by atoms with Gasteiger partial charge in [-0.2, -0.15) is 10.4 Å². The van der Waals surface area contributed by atoms with Crippen molar-refractivity contribution in [3.63, 3.8) is 0 Å². The first-order valence-electron chi connectivity index (χ1n) is 10.8. The Morgan fingerprint density at radius 3 is 2.69 bits per heavy atom. The van der Waals surface area contributed by atoms with Gasteiger partial charge in [0.15, 0.2) is 11.8 Å². The summed E-state index contributed by atoms with van der Waals surface area (Å²) in [5, 5.41) is 16.7. The van der Waals surface area contributed by atoms with Crippen molar-refractivity contribution in [3.8, 4) is 6.19 Å². The van der Waals surface area contributed by atoms with Gasteiger partial charge in [0.2, 0.25) is 5.96 Å². The minimum Gasteiger partial charge on any atom is -0.340 e. The molecule has 1 aliphatic carbocycles. The Morgan fingerprint density at radius 1 is 1.22 bits per heavy atom. The molecule has 0 spiro atoms. The van der Waals surface area contributed by atoms with E-state index in [0.29, 0.717) is 41.6 Å². The SMILES string of the molecule is N#CNC(=Nc1ccc(F)cc1)N1CC(c2nc3c(cnn3C3CCCCC3)c(=O)[nH]2)C1. The third kappa shape index (κ3) is 3.82. The molecule has 164 valence electrons. The van der Waals surface area contributed by atoms with E-state index < -0.39 is 0 Å². The standard InChI is InChI=1S/C22H23FN8O/c23-15-6-8-16(9-7-15)27-22(25-13-24)30-11-14(12-30)19-28-20-18(21(32)29-19)10-26-31(20)17-4-2-1-3-5-17/h6-10,14,17H,1-5,11-12H2,(H,25,27)(H,28,29,32). The molecule has 0 bridgehead atoms. The largest absolute Gasteiger partial charge is 0.340 e. The number of fused-ring (bicyclic) bond motifs is 1. The molecule has 2 fully saturated rings. The molecule has 1 saturated heterocycles. The minimum absolute atomic E-state index is 0.000663. The lowest BCUT2D eigenvalue weighted by molar-refractivity contribution is 0.238. The van der Waals surface area contributed by atoms with E-state index in [1.54, 1.807) is 18.3 Å². The first-order chi connectivity index (χ1) is 15.6. The first-order valence-corrected chi connectivity index (χ1v) is 10.8. The van der Waals surface area contributed by atoms with E-state index in [1.165, 1.54) is 31.4 Å². The number of aromatic amines is 1. The molecule has 2 N–H and O–H groups in total. The zero-order chi connectivity index (χ0) is 22.1. The Bertz CT molecular complexity index is 1240. The fourth-order valence-electron chi connectivity index (χ4n) is 4.43. The normalized spacial score (nSPS) is 17.9. The van der Waals surface area contributed by atoms with Gasteiger partial charge in [0.05, 0.1) is 23.8 Å². The van der Waals surface area contributed by atoms with Crippen molar-refractivity contribution in [3.05, 3.63) is 52.5 Å². The van der Waals surface area contributed by atoms with E-state index in [2.05, 4.69) is 20.4 Å². The number of guanidine groups is 1. The highest BCUT2D eigenvalue weighted by atomic mass is 19.1. The summed E-state index contributed by atoms with van der Waals surface area (Å²) in [6, 6.07) is 6.02. The molecule has 2 aromatic heterocycles. The van der Waals surface area contributed by atoms with Crippen LogP contribution in [0.2, 0.25) is 0 Å². The number of hydrogen-bond donors (Lipinski definition) is 2. The molecular formula is C22H23FN8O. The van der Waals surface area contributed by atoms with Crippen LogP contribution in [0.15, 0.2) is 40.2 Å². The molecule has 9 nitrogen and oxygen atoms in total. The lowest BCUT2D eigenvalue weighted by Gasteiger charge is -2.39. The highest BCUT2D eigenvalue weighted by Gasteiger charge is 2.33. The fraction of sp³-hybridized carbons (Fsp3) is 0.409. The third-order valence-corrected chi connectivity index (χ3v) is 6.20. The zero-order valence-corrected chi connectivity index (χ0v) is 17.5. The molecule has 1 saturated carbocycles. The molecule has 0 unspecified atom stereocenters. The van der Waals surface area contributed by atoms with Gasteiger partial charge < -0.3 is 9.88 Å². The number of nitriles is 1. The van der Waals surface area contributed by atoms with Gasteiger partial charge in [-0.1, -0.05) is 19.3 Å². The minimum atomic E-state index is -0.347. The topological polar surface area (TPSA) is 115 Å². The van der Waals surface area contributed by atoms with Gasteiger partial charge in [-0.3, -0.25) is 10.1 Å². The second-order valence-electron chi connectivity index (χ2n) is 8.32. The van der Waals surface area contributed by atoms with E-state index in [0.717, 1.165) is 12.8 Å². The summed E-state index contributed by atoms with van der Waals surface area (Å²) in [6.45, 7) is 1.08. The molecular weight excluding hydrogens is 411 g/mol. The monoisotopic (exact) mass is 434 g/mol. The van der Waals surface area contributed by atoms with Crippen LogP contribution in [0.3, 0.4) is 0 Å². The number of halogens is 1. The summed E-state index contributed by atoms with van der Waals surface area (Å²) in [5.74, 6) is 0.654. The van der Waals surface area contributed by atoms with Crippen molar-refractivity contribution in [2.45, 2.75) is 44.1 Å². The Kier molecular flexibility index (Phi) is 5.31. The van der Waals surface area contributed by atoms with Crippen LogP contribution in [-0.4, -0.2) is 43.7 Å². The van der Waals surface area contributed by atoms with Crippen molar-refractivity contribution in [2.24, 2.45) is 4.99 Å². The number of aromatic nitrogens is 4. The van der Waals surface area contributed by atoms with Crippen LogP contribution in [0, 0.1) is 17.3 Å². The molecule has 32 heavy (non-hydrogen) atoms. The number of hydrogen-bond acceptors (Lipinski definition) is 5. The van der Waals surface area contributed by atoms with Gasteiger partial charge >= 0.3 is 0 Å². The van der Waals surface area contributed by atoms with Gasteiger partial charge in [0.25, 0.3) is 5.56 Å². The number of nitrogens with zero attached hydrogens (tertiary/aromatic N) is 6. The third-order valence-electron chi connectivity index (χ3n) is 6.20. The molecule has 3 aromatic rings. The van der Waals surface area contributed by atoms with Crippen LogP contribution in [0.4, 0.5) is 10.1 Å². The second-order valence-corrected chi connectivity index (χ2v) is 8.32. The average Bonchev–Trinajstić information content (AvgIpc) is 3.20. The molecule has 10 heteroatoms. The molecule has 1 aromatic carbocycles. The maximum Gasteiger partial charge on any atom is 0.262 e. The van der Waals surface area contributed by atoms with Crippen LogP contribution in [-0.2, 0) is 0 Å². The van der Waals surface area contributed by atoms with Crippen molar-refractivity contribution < 1.29 is 4.39 Å². The number of aliphatic imine (C=N–C) groups is 1. The van der Waals surface area contributed by atoms with Crippen molar-refractivity contribution in [1.29, 1.82) is 5.26 Å². The summed E-state index contributed by atoms with van der Waals surface area (Å²) in [5.41, 5.74) is 1.00. The Morgan fingerprint density at radius 2 is 1.97 bits per heavy atom. The zero-order valence-electron chi connectivity index (χ0n) is 17.5. The summed E-state index contributed by atoms with van der Waals surface area (Å²) in [4.78, 5) is 26.6. The number of rotatable bonds is 3. The average molecular weight is 434 g/mol. The maximum atomic E-state index is 13.1. The predicted molar refractivity (Wildman–Crippen MR) is 117 cm³/mol. The van der Waals surface area contributed by atoms with Crippen LogP contribution < -0.4 is 10.9 Å². The van der Waals surface area contributed by atoms with Gasteiger partial charge in [-0.15, -0.1) is 0 Å². The fourth-order valence-corrected chi connectivity index (χ4v) is 4.43. The van der Waals surface area contributed by atoms with E-state index in [4.69, 9.17) is 10.2 Å². The Hall–Kier alpha value is -3.74. The molecule has 3 heterocycles. The molecule has 0 amide bonds. The van der Waals surface area contributed by atoms with E-state index in [1.807, 2.05) is 15.8 Å².